The summed E-state index contributed by atoms with van der Waals surface area (Å²) in [5.74, 6) is -0.684. The lowest BCUT2D eigenvalue weighted by molar-refractivity contribution is 0.0522. The Bertz CT molecular complexity index is 625. The lowest BCUT2D eigenvalue weighted by atomic mass is 10.0. The van der Waals surface area contributed by atoms with Gasteiger partial charge in [-0.05, 0) is 25.1 Å². The highest BCUT2D eigenvalue weighted by Gasteiger charge is 2.24. The molecule has 0 bridgehead atoms. The van der Waals surface area contributed by atoms with Gasteiger partial charge >= 0.3 is 5.97 Å². The molecule has 100 valence electrons. The third-order valence-corrected chi connectivity index (χ3v) is 2.93. The Morgan fingerprint density at radius 1 is 1.32 bits per heavy atom. The summed E-state index contributed by atoms with van der Waals surface area (Å²) in [6, 6.07) is 7.26. The molecule has 2 rings (SSSR count). The number of esters is 1. The van der Waals surface area contributed by atoms with Gasteiger partial charge in [0.15, 0.2) is 5.78 Å². The van der Waals surface area contributed by atoms with Crippen LogP contribution < -0.4 is 0 Å². The Balaban J connectivity index is 2.65. The van der Waals surface area contributed by atoms with Crippen molar-refractivity contribution in [3.05, 3.63) is 41.7 Å². The second-order valence-electron chi connectivity index (χ2n) is 4.64. The van der Waals surface area contributed by atoms with Crippen LogP contribution in [0.25, 0.3) is 5.52 Å². The van der Waals surface area contributed by atoms with Crippen molar-refractivity contribution in [1.29, 1.82) is 0 Å². The molecule has 2 aromatic heterocycles. The third-order valence-electron chi connectivity index (χ3n) is 2.93. The third kappa shape index (κ3) is 2.38. The van der Waals surface area contributed by atoms with Crippen molar-refractivity contribution < 1.29 is 14.3 Å². The molecule has 0 aliphatic heterocycles. The molecule has 4 heteroatoms. The first-order chi connectivity index (χ1) is 9.06. The number of nitrogens with zero attached hydrogens (tertiary/aromatic N) is 1. The summed E-state index contributed by atoms with van der Waals surface area (Å²) in [6.07, 6.45) is 1.79. The fourth-order valence-electron chi connectivity index (χ4n) is 2.01. The molecule has 0 saturated carbocycles. The number of hydrogen-bond acceptors (Lipinski definition) is 3. The van der Waals surface area contributed by atoms with E-state index in [1.807, 2.05) is 32.0 Å². The van der Waals surface area contributed by atoms with Gasteiger partial charge in [-0.2, -0.15) is 0 Å². The second-order valence-corrected chi connectivity index (χ2v) is 4.64. The van der Waals surface area contributed by atoms with E-state index < -0.39 is 5.97 Å². The molecule has 2 aromatic rings. The minimum atomic E-state index is -0.449. The van der Waals surface area contributed by atoms with Crippen molar-refractivity contribution in [3.63, 3.8) is 0 Å². The van der Waals surface area contributed by atoms with Crippen LogP contribution in [0.1, 0.15) is 41.6 Å². The maximum Gasteiger partial charge on any atom is 0.340 e. The fraction of sp³-hybridized carbons (Fsp3) is 0.333. The van der Waals surface area contributed by atoms with Crippen molar-refractivity contribution in [2.75, 3.05) is 6.61 Å². The van der Waals surface area contributed by atoms with E-state index in [-0.39, 0.29) is 11.7 Å². The van der Waals surface area contributed by atoms with E-state index in [1.165, 1.54) is 0 Å². The van der Waals surface area contributed by atoms with Gasteiger partial charge in [0.1, 0.15) is 5.69 Å². The fourth-order valence-corrected chi connectivity index (χ4v) is 2.01. The monoisotopic (exact) mass is 259 g/mol. The number of rotatable bonds is 4. The predicted octanol–water partition coefficient (Wildman–Crippen LogP) is 2.95. The number of hydrogen-bond donors (Lipinski definition) is 0. The zero-order valence-electron chi connectivity index (χ0n) is 11.3. The Morgan fingerprint density at radius 3 is 2.68 bits per heavy atom. The Labute approximate surface area is 112 Å². The summed E-state index contributed by atoms with van der Waals surface area (Å²) in [5.41, 5.74) is 1.56. The number of ketones is 1. The summed E-state index contributed by atoms with van der Waals surface area (Å²) in [4.78, 5) is 24.3. The Kier molecular flexibility index (Phi) is 3.69. The van der Waals surface area contributed by atoms with Crippen LogP contribution in [0.15, 0.2) is 30.5 Å². The van der Waals surface area contributed by atoms with E-state index in [0.717, 1.165) is 5.52 Å². The number of Topliss-reactive ketones (excluding diaryl/α,β-unsaturated/α-hetero) is 1. The van der Waals surface area contributed by atoms with E-state index in [1.54, 1.807) is 23.6 Å². The van der Waals surface area contributed by atoms with Gasteiger partial charge in [0.2, 0.25) is 0 Å². The molecule has 0 spiro atoms. The second kappa shape index (κ2) is 5.26. The van der Waals surface area contributed by atoms with Gasteiger partial charge in [-0.15, -0.1) is 0 Å². The zero-order chi connectivity index (χ0) is 14.0. The average Bonchev–Trinajstić information content (AvgIpc) is 2.77. The van der Waals surface area contributed by atoms with E-state index in [9.17, 15) is 9.59 Å². The first-order valence-corrected chi connectivity index (χ1v) is 6.37. The number of ether oxygens (including phenoxy) is 1. The van der Waals surface area contributed by atoms with Gasteiger partial charge in [0.25, 0.3) is 0 Å². The lowest BCUT2D eigenvalue weighted by Gasteiger charge is -2.07. The number of carbonyl (C=O) groups is 2. The smallest absolute Gasteiger partial charge is 0.340 e. The minimum Gasteiger partial charge on any atom is -0.462 e. The van der Waals surface area contributed by atoms with E-state index in [0.29, 0.717) is 17.9 Å². The first kappa shape index (κ1) is 13.3. The summed E-state index contributed by atoms with van der Waals surface area (Å²) in [7, 11) is 0. The first-order valence-electron chi connectivity index (χ1n) is 6.37. The van der Waals surface area contributed by atoms with Gasteiger partial charge in [0, 0.05) is 17.6 Å². The van der Waals surface area contributed by atoms with Gasteiger partial charge in [-0.1, -0.05) is 19.9 Å². The number of fused-ring (bicyclic) bond motifs is 1. The summed E-state index contributed by atoms with van der Waals surface area (Å²) < 4.78 is 6.77. The molecule has 0 aliphatic carbocycles. The molecule has 0 aromatic carbocycles. The maximum absolute atomic E-state index is 12.3. The topological polar surface area (TPSA) is 47.8 Å². The minimum absolute atomic E-state index is 0.0609. The van der Waals surface area contributed by atoms with Gasteiger partial charge in [0.05, 0.1) is 12.2 Å². The molecule has 0 amide bonds. The van der Waals surface area contributed by atoms with Crippen LogP contribution in [0.2, 0.25) is 0 Å². The zero-order valence-corrected chi connectivity index (χ0v) is 11.3. The highest BCUT2D eigenvalue weighted by Crippen LogP contribution is 2.21. The summed E-state index contributed by atoms with van der Waals surface area (Å²) >= 11 is 0. The Morgan fingerprint density at radius 2 is 2.05 bits per heavy atom. The van der Waals surface area contributed by atoms with Crippen LogP contribution >= 0.6 is 0 Å². The number of carbonyl (C=O) groups excluding carboxylic acids is 2. The number of aromatic nitrogens is 1. The van der Waals surface area contributed by atoms with E-state index >= 15 is 0 Å². The molecular weight excluding hydrogens is 242 g/mol. The number of pyridine rings is 1. The normalized spacial score (nSPS) is 10.9. The van der Waals surface area contributed by atoms with E-state index in [2.05, 4.69) is 0 Å². The lowest BCUT2D eigenvalue weighted by Crippen LogP contribution is -2.16. The molecule has 0 atom stereocenters. The predicted molar refractivity (Wildman–Crippen MR) is 72.5 cm³/mol. The van der Waals surface area contributed by atoms with Crippen molar-refractivity contribution in [2.45, 2.75) is 20.8 Å². The summed E-state index contributed by atoms with van der Waals surface area (Å²) in [5, 5.41) is 0. The van der Waals surface area contributed by atoms with Crippen molar-refractivity contribution in [3.8, 4) is 0 Å². The Hall–Kier alpha value is -2.10. The highest BCUT2D eigenvalue weighted by atomic mass is 16.5. The maximum atomic E-state index is 12.3. The van der Waals surface area contributed by atoms with Crippen LogP contribution in [0.5, 0.6) is 0 Å². The van der Waals surface area contributed by atoms with Crippen LogP contribution in [-0.4, -0.2) is 22.8 Å². The highest BCUT2D eigenvalue weighted by molar-refractivity contribution is 6.07. The van der Waals surface area contributed by atoms with Crippen molar-refractivity contribution in [2.24, 2.45) is 5.92 Å². The molecule has 0 saturated heterocycles. The average molecular weight is 259 g/mol. The van der Waals surface area contributed by atoms with E-state index in [4.69, 9.17) is 4.74 Å². The molecule has 2 heterocycles. The van der Waals surface area contributed by atoms with Gasteiger partial charge in [-0.25, -0.2) is 4.79 Å². The molecule has 0 radical (unpaired) electrons. The van der Waals surface area contributed by atoms with Crippen LogP contribution in [-0.2, 0) is 4.74 Å². The molecular formula is C15H17NO3. The molecule has 0 unspecified atom stereocenters. The quantitative estimate of drug-likeness (QED) is 0.626. The molecule has 0 aliphatic rings. The largest absolute Gasteiger partial charge is 0.462 e. The standard InChI is InChI=1S/C15H17NO3/c1-4-19-15(18)12-9-11-7-5-6-8-16(11)13(12)14(17)10(2)3/h5-10H,4H2,1-3H3. The van der Waals surface area contributed by atoms with Crippen molar-refractivity contribution >= 4 is 17.3 Å². The molecule has 19 heavy (non-hydrogen) atoms. The molecule has 4 nitrogen and oxygen atoms in total. The van der Waals surface area contributed by atoms with Gasteiger partial charge < -0.3 is 9.14 Å². The van der Waals surface area contributed by atoms with Crippen LogP contribution in [0.3, 0.4) is 0 Å². The molecule has 0 N–H and O–H groups in total. The molecule has 0 fully saturated rings. The summed E-state index contributed by atoms with van der Waals surface area (Å²) in [6.45, 7) is 5.68. The van der Waals surface area contributed by atoms with Crippen LogP contribution in [0.4, 0.5) is 0 Å². The van der Waals surface area contributed by atoms with Crippen molar-refractivity contribution in [1.82, 2.24) is 4.40 Å². The van der Waals surface area contributed by atoms with Crippen LogP contribution in [0, 0.1) is 5.92 Å². The SMILES string of the molecule is CCOC(=O)c1cc2ccccn2c1C(=O)C(C)C. The van der Waals surface area contributed by atoms with Gasteiger partial charge in [-0.3, -0.25) is 4.79 Å².